The summed E-state index contributed by atoms with van der Waals surface area (Å²) in [4.78, 5) is 29.9. The number of halogens is 1. The van der Waals surface area contributed by atoms with Crippen molar-refractivity contribution in [3.63, 3.8) is 0 Å². The number of imide groups is 1. The first-order valence-corrected chi connectivity index (χ1v) is 7.20. The first kappa shape index (κ1) is 13.9. The van der Waals surface area contributed by atoms with Crippen LogP contribution in [0.3, 0.4) is 0 Å². The third-order valence-corrected chi connectivity index (χ3v) is 4.25. The number of amides is 3. The van der Waals surface area contributed by atoms with E-state index in [1.807, 2.05) is 0 Å². The van der Waals surface area contributed by atoms with Crippen molar-refractivity contribution in [1.29, 1.82) is 0 Å². The van der Waals surface area contributed by atoms with Crippen LogP contribution in [0.25, 0.3) is 0 Å². The minimum Gasteiger partial charge on any atom is -0.318 e. The van der Waals surface area contributed by atoms with Gasteiger partial charge >= 0.3 is 6.03 Å². The predicted molar refractivity (Wildman–Crippen MR) is 75.6 cm³/mol. The molecule has 0 unspecified atom stereocenters. The van der Waals surface area contributed by atoms with Gasteiger partial charge in [0, 0.05) is 17.7 Å². The Kier molecular flexibility index (Phi) is 3.34. The van der Waals surface area contributed by atoms with Crippen LogP contribution in [0.15, 0.2) is 24.4 Å². The van der Waals surface area contributed by atoms with E-state index in [-0.39, 0.29) is 6.54 Å². The van der Waals surface area contributed by atoms with Gasteiger partial charge < -0.3 is 5.32 Å². The van der Waals surface area contributed by atoms with Crippen LogP contribution in [0, 0.1) is 0 Å². The van der Waals surface area contributed by atoms with E-state index in [1.54, 1.807) is 31.3 Å². The van der Waals surface area contributed by atoms with E-state index in [1.165, 1.54) is 0 Å². The summed E-state index contributed by atoms with van der Waals surface area (Å²) in [5.74, 6) is -0.393. The second-order valence-electron chi connectivity index (χ2n) is 4.65. The number of aromatic nitrogens is 3. The maximum Gasteiger partial charge on any atom is 0.325 e. The topological polar surface area (TPSA) is 88.1 Å². The molecule has 1 atom stereocenters. The molecule has 1 saturated heterocycles. The highest BCUT2D eigenvalue weighted by molar-refractivity contribution is 7.10. The Balaban J connectivity index is 1.91. The van der Waals surface area contributed by atoms with Gasteiger partial charge in [-0.05, 0) is 19.1 Å². The van der Waals surface area contributed by atoms with Crippen LogP contribution >= 0.6 is 23.1 Å². The highest BCUT2D eigenvalue weighted by Crippen LogP contribution is 2.29. The van der Waals surface area contributed by atoms with Crippen molar-refractivity contribution in [1.82, 2.24) is 24.8 Å². The summed E-state index contributed by atoms with van der Waals surface area (Å²) < 4.78 is 4.05. The molecule has 0 aliphatic carbocycles. The SMILES string of the molecule is C[C@]1(c2ccccn2)NC(=O)N(Cc2nnsc2Cl)C1=O. The molecule has 1 aliphatic heterocycles. The van der Waals surface area contributed by atoms with Crippen LogP contribution in [-0.2, 0) is 16.9 Å². The lowest BCUT2D eigenvalue weighted by atomic mass is 9.97. The molecule has 21 heavy (non-hydrogen) atoms. The Morgan fingerprint density at radius 3 is 2.86 bits per heavy atom. The van der Waals surface area contributed by atoms with Crippen LogP contribution in [-0.4, -0.2) is 31.4 Å². The summed E-state index contributed by atoms with van der Waals surface area (Å²) in [6, 6.07) is 4.69. The Morgan fingerprint density at radius 1 is 1.43 bits per heavy atom. The van der Waals surface area contributed by atoms with Gasteiger partial charge in [0.2, 0.25) is 0 Å². The van der Waals surface area contributed by atoms with E-state index >= 15 is 0 Å². The quantitative estimate of drug-likeness (QED) is 0.866. The number of carbonyl (C=O) groups excluding carboxylic acids is 2. The van der Waals surface area contributed by atoms with E-state index in [0.717, 1.165) is 16.4 Å². The Labute approximate surface area is 129 Å². The number of hydrogen-bond donors (Lipinski definition) is 1. The molecular formula is C12H10ClN5O2S. The van der Waals surface area contributed by atoms with Gasteiger partial charge in [0.15, 0.2) is 5.54 Å². The van der Waals surface area contributed by atoms with Crippen molar-refractivity contribution in [3.05, 3.63) is 40.1 Å². The number of rotatable bonds is 3. The molecule has 0 saturated carbocycles. The highest BCUT2D eigenvalue weighted by Gasteiger charge is 2.50. The third kappa shape index (κ3) is 2.26. The third-order valence-electron chi connectivity index (χ3n) is 3.27. The average molecular weight is 324 g/mol. The second kappa shape index (κ2) is 5.05. The van der Waals surface area contributed by atoms with Crippen LogP contribution < -0.4 is 5.32 Å². The zero-order chi connectivity index (χ0) is 15.0. The van der Waals surface area contributed by atoms with Crippen LogP contribution in [0.4, 0.5) is 4.79 Å². The molecule has 2 aromatic rings. The van der Waals surface area contributed by atoms with Crippen molar-refractivity contribution in [3.8, 4) is 0 Å². The lowest BCUT2D eigenvalue weighted by Crippen LogP contribution is -2.41. The van der Waals surface area contributed by atoms with Gasteiger partial charge in [0.1, 0.15) is 10.0 Å². The molecule has 2 aromatic heterocycles. The Hall–Kier alpha value is -2.06. The van der Waals surface area contributed by atoms with Crippen molar-refractivity contribution in [2.24, 2.45) is 0 Å². The lowest BCUT2D eigenvalue weighted by molar-refractivity contribution is -0.131. The first-order chi connectivity index (χ1) is 10.0. The van der Waals surface area contributed by atoms with Gasteiger partial charge in [0.25, 0.3) is 5.91 Å². The molecule has 0 radical (unpaired) electrons. The summed E-state index contributed by atoms with van der Waals surface area (Å²) in [5, 5.41) is 6.48. The number of nitrogens with one attached hydrogen (secondary N) is 1. The number of nitrogens with zero attached hydrogens (tertiary/aromatic N) is 4. The number of carbonyl (C=O) groups is 2. The van der Waals surface area contributed by atoms with Crippen molar-refractivity contribution in [2.45, 2.75) is 19.0 Å². The highest BCUT2D eigenvalue weighted by atomic mass is 35.5. The van der Waals surface area contributed by atoms with Crippen LogP contribution in [0.5, 0.6) is 0 Å². The fourth-order valence-corrected chi connectivity index (χ4v) is 2.73. The van der Waals surface area contributed by atoms with Gasteiger partial charge in [-0.25, -0.2) is 4.79 Å². The molecule has 3 amide bonds. The monoisotopic (exact) mass is 323 g/mol. The van der Waals surface area contributed by atoms with Crippen LogP contribution in [0.2, 0.25) is 4.34 Å². The predicted octanol–water partition coefficient (Wildman–Crippen LogP) is 1.55. The van der Waals surface area contributed by atoms with E-state index < -0.39 is 17.5 Å². The van der Waals surface area contributed by atoms with Crippen LogP contribution in [0.1, 0.15) is 18.3 Å². The van der Waals surface area contributed by atoms with E-state index in [2.05, 4.69) is 19.9 Å². The van der Waals surface area contributed by atoms with E-state index in [0.29, 0.717) is 15.7 Å². The number of pyridine rings is 1. The zero-order valence-corrected chi connectivity index (χ0v) is 12.5. The number of hydrogen-bond acceptors (Lipinski definition) is 6. The fraction of sp³-hybridized carbons (Fsp3) is 0.250. The molecule has 3 rings (SSSR count). The molecule has 1 fully saturated rings. The molecule has 7 nitrogen and oxygen atoms in total. The summed E-state index contributed by atoms with van der Waals surface area (Å²) >= 11 is 6.92. The molecule has 9 heteroatoms. The lowest BCUT2D eigenvalue weighted by Gasteiger charge is -2.20. The smallest absolute Gasteiger partial charge is 0.318 e. The molecule has 0 spiro atoms. The maximum atomic E-state index is 12.6. The summed E-state index contributed by atoms with van der Waals surface area (Å²) in [5.41, 5.74) is -0.308. The van der Waals surface area contributed by atoms with Crippen molar-refractivity contribution >= 4 is 35.1 Å². The summed E-state index contributed by atoms with van der Waals surface area (Å²) in [7, 11) is 0. The largest absolute Gasteiger partial charge is 0.325 e. The molecule has 1 aliphatic rings. The van der Waals surface area contributed by atoms with Gasteiger partial charge in [-0.15, -0.1) is 5.10 Å². The van der Waals surface area contributed by atoms with Gasteiger partial charge in [-0.3, -0.25) is 14.7 Å². The van der Waals surface area contributed by atoms with Gasteiger partial charge in [0.05, 0.1) is 12.2 Å². The molecule has 108 valence electrons. The van der Waals surface area contributed by atoms with Crippen molar-refractivity contribution in [2.75, 3.05) is 0 Å². The van der Waals surface area contributed by atoms with E-state index in [9.17, 15) is 9.59 Å². The molecule has 0 aromatic carbocycles. The van der Waals surface area contributed by atoms with Crippen molar-refractivity contribution < 1.29 is 9.59 Å². The molecule has 0 bridgehead atoms. The average Bonchev–Trinajstić information content (AvgIpc) is 2.98. The Morgan fingerprint density at radius 2 is 2.24 bits per heavy atom. The fourth-order valence-electron chi connectivity index (χ4n) is 2.11. The van der Waals surface area contributed by atoms with Gasteiger partial charge in [-0.1, -0.05) is 22.2 Å². The molecular weight excluding hydrogens is 314 g/mol. The maximum absolute atomic E-state index is 12.6. The summed E-state index contributed by atoms with van der Waals surface area (Å²) in [6.45, 7) is 1.61. The zero-order valence-electron chi connectivity index (χ0n) is 10.9. The van der Waals surface area contributed by atoms with Gasteiger partial charge in [-0.2, -0.15) is 0 Å². The minimum atomic E-state index is -1.19. The second-order valence-corrected chi connectivity index (χ2v) is 6.01. The standard InChI is InChI=1S/C12H10ClN5O2S/c1-12(8-4-2-3-5-14-8)10(19)18(11(20)15-12)6-7-9(13)21-17-16-7/h2-5H,6H2,1H3,(H,15,20)/t12-/m1/s1. The first-order valence-electron chi connectivity index (χ1n) is 6.05. The Bertz CT molecular complexity index is 707. The minimum absolute atomic E-state index is 0.0115. The normalized spacial score (nSPS) is 21.7. The summed E-state index contributed by atoms with van der Waals surface area (Å²) in [6.07, 6.45) is 1.57. The number of urea groups is 1. The molecule has 1 N–H and O–H groups in total. The molecule has 3 heterocycles. The van der Waals surface area contributed by atoms with E-state index in [4.69, 9.17) is 11.6 Å².